The van der Waals surface area contributed by atoms with Crippen molar-refractivity contribution < 1.29 is 9.59 Å². The van der Waals surface area contributed by atoms with Crippen LogP contribution < -0.4 is 5.32 Å². The van der Waals surface area contributed by atoms with Crippen LogP contribution in [-0.2, 0) is 21.5 Å². The van der Waals surface area contributed by atoms with Crippen LogP contribution in [0.3, 0.4) is 0 Å². The Labute approximate surface area is 222 Å². The van der Waals surface area contributed by atoms with Gasteiger partial charge in [0.25, 0.3) is 0 Å². The summed E-state index contributed by atoms with van der Waals surface area (Å²) in [6.07, 6.45) is 6.38. The molecular formula is C32H43N3O2. The van der Waals surface area contributed by atoms with Gasteiger partial charge in [0.05, 0.1) is 6.54 Å². The molecule has 4 atom stereocenters. The topological polar surface area (TPSA) is 52.7 Å². The van der Waals surface area contributed by atoms with Crippen molar-refractivity contribution in [2.75, 3.05) is 32.7 Å². The number of benzene rings is 2. The molecule has 1 saturated heterocycles. The molecule has 1 aliphatic heterocycles. The molecule has 3 fully saturated rings. The Morgan fingerprint density at radius 3 is 2.30 bits per heavy atom. The SMILES string of the molecule is CC1CC2CC(C)(CC(=O)NCC(=O)N3CCN(Cc4ccccc4)CC3)CC(c3ccccc3)(C1)C2. The van der Waals surface area contributed by atoms with E-state index in [0.29, 0.717) is 12.3 Å². The van der Waals surface area contributed by atoms with Gasteiger partial charge in [-0.15, -0.1) is 0 Å². The van der Waals surface area contributed by atoms with E-state index in [2.05, 4.69) is 78.7 Å². The number of fused-ring (bicyclic) bond motifs is 2. The molecule has 2 aromatic carbocycles. The number of carbonyl (C=O) groups is 2. The number of carbonyl (C=O) groups excluding carboxylic acids is 2. The highest BCUT2D eigenvalue weighted by Crippen LogP contribution is 2.58. The van der Waals surface area contributed by atoms with Crippen LogP contribution in [0, 0.1) is 17.3 Å². The van der Waals surface area contributed by atoms with Crippen LogP contribution in [0.1, 0.15) is 63.5 Å². The average molecular weight is 502 g/mol. The Balaban J connectivity index is 1.12. The van der Waals surface area contributed by atoms with E-state index in [4.69, 9.17) is 0 Å². The van der Waals surface area contributed by atoms with Crippen LogP contribution in [0.25, 0.3) is 0 Å². The Hall–Kier alpha value is -2.66. The maximum atomic E-state index is 13.1. The van der Waals surface area contributed by atoms with E-state index < -0.39 is 0 Å². The van der Waals surface area contributed by atoms with Crippen LogP contribution >= 0.6 is 0 Å². The molecule has 5 heteroatoms. The summed E-state index contributed by atoms with van der Waals surface area (Å²) in [5, 5.41) is 2.99. The molecule has 2 saturated carbocycles. The number of nitrogens with zero attached hydrogens (tertiary/aromatic N) is 2. The molecule has 0 spiro atoms. The van der Waals surface area contributed by atoms with Gasteiger partial charge >= 0.3 is 0 Å². The van der Waals surface area contributed by atoms with Gasteiger partial charge in [-0.1, -0.05) is 74.5 Å². The summed E-state index contributed by atoms with van der Waals surface area (Å²) in [5.74, 6) is 1.45. The number of piperazine rings is 1. The third kappa shape index (κ3) is 6.26. The monoisotopic (exact) mass is 501 g/mol. The normalized spacial score (nSPS) is 30.1. The van der Waals surface area contributed by atoms with Crippen molar-refractivity contribution in [2.45, 2.75) is 64.3 Å². The molecule has 37 heavy (non-hydrogen) atoms. The zero-order chi connectivity index (χ0) is 25.9. The molecule has 2 amide bonds. The Kier molecular flexibility index (Phi) is 7.71. The maximum Gasteiger partial charge on any atom is 0.242 e. The first kappa shape index (κ1) is 26.0. The lowest BCUT2D eigenvalue weighted by Gasteiger charge is -2.55. The first-order chi connectivity index (χ1) is 17.8. The highest BCUT2D eigenvalue weighted by atomic mass is 16.2. The molecular weight excluding hydrogens is 458 g/mol. The summed E-state index contributed by atoms with van der Waals surface area (Å²) >= 11 is 0. The predicted octanol–water partition coefficient (Wildman–Crippen LogP) is 5.01. The molecule has 2 aromatic rings. The first-order valence-corrected chi connectivity index (χ1v) is 14.2. The molecule has 1 heterocycles. The van der Waals surface area contributed by atoms with Gasteiger partial charge in [-0.25, -0.2) is 0 Å². The Morgan fingerprint density at radius 1 is 0.919 bits per heavy atom. The van der Waals surface area contributed by atoms with E-state index in [1.54, 1.807) is 0 Å². The third-order valence-corrected chi connectivity index (χ3v) is 9.09. The lowest BCUT2D eigenvalue weighted by Crippen LogP contribution is -2.51. The smallest absolute Gasteiger partial charge is 0.242 e. The van der Waals surface area contributed by atoms with Crippen molar-refractivity contribution in [3.05, 3.63) is 71.8 Å². The average Bonchev–Trinajstić information content (AvgIpc) is 2.88. The third-order valence-electron chi connectivity index (χ3n) is 9.09. The van der Waals surface area contributed by atoms with Gasteiger partial charge in [0.15, 0.2) is 0 Å². The minimum atomic E-state index is -0.0326. The van der Waals surface area contributed by atoms with Crippen LogP contribution in [0.2, 0.25) is 0 Å². The largest absolute Gasteiger partial charge is 0.347 e. The zero-order valence-electron chi connectivity index (χ0n) is 22.6. The predicted molar refractivity (Wildman–Crippen MR) is 148 cm³/mol. The fourth-order valence-corrected chi connectivity index (χ4v) is 7.92. The Bertz CT molecular complexity index is 1060. The van der Waals surface area contributed by atoms with Gasteiger partial charge < -0.3 is 10.2 Å². The number of hydrogen-bond donors (Lipinski definition) is 1. The van der Waals surface area contributed by atoms with Crippen LogP contribution in [0.4, 0.5) is 0 Å². The lowest BCUT2D eigenvalue weighted by atomic mass is 9.50. The van der Waals surface area contributed by atoms with Gasteiger partial charge in [-0.3, -0.25) is 14.5 Å². The summed E-state index contributed by atoms with van der Waals surface area (Å²) in [4.78, 5) is 30.3. The van der Waals surface area contributed by atoms with E-state index in [9.17, 15) is 9.59 Å². The maximum absolute atomic E-state index is 13.1. The highest BCUT2D eigenvalue weighted by Gasteiger charge is 2.50. The second-order valence-corrected chi connectivity index (χ2v) is 12.5. The van der Waals surface area contributed by atoms with E-state index in [0.717, 1.165) is 51.5 Å². The molecule has 3 aliphatic rings. The summed E-state index contributed by atoms with van der Waals surface area (Å²) < 4.78 is 0. The van der Waals surface area contributed by atoms with Crippen LogP contribution in [-0.4, -0.2) is 54.3 Å². The minimum Gasteiger partial charge on any atom is -0.347 e. The van der Waals surface area contributed by atoms with Gasteiger partial charge in [-0.2, -0.15) is 0 Å². The Morgan fingerprint density at radius 2 is 1.59 bits per heavy atom. The van der Waals surface area contributed by atoms with Crippen molar-refractivity contribution in [2.24, 2.45) is 17.3 Å². The summed E-state index contributed by atoms with van der Waals surface area (Å²) in [7, 11) is 0. The van der Waals surface area contributed by atoms with E-state index >= 15 is 0 Å². The van der Waals surface area contributed by atoms with Crippen LogP contribution in [0.5, 0.6) is 0 Å². The number of nitrogens with one attached hydrogen (secondary N) is 1. The fourth-order valence-electron chi connectivity index (χ4n) is 7.92. The molecule has 2 aliphatic carbocycles. The molecule has 2 bridgehead atoms. The summed E-state index contributed by atoms with van der Waals surface area (Å²) in [6, 6.07) is 21.5. The van der Waals surface area contributed by atoms with Crippen LogP contribution in [0.15, 0.2) is 60.7 Å². The van der Waals surface area contributed by atoms with Crippen molar-refractivity contribution in [3.63, 3.8) is 0 Å². The van der Waals surface area contributed by atoms with Crippen molar-refractivity contribution in [1.29, 1.82) is 0 Å². The highest BCUT2D eigenvalue weighted by molar-refractivity contribution is 5.85. The second kappa shape index (κ2) is 11.0. The van der Waals surface area contributed by atoms with Gasteiger partial charge in [0, 0.05) is 39.1 Å². The van der Waals surface area contributed by atoms with Crippen molar-refractivity contribution in [3.8, 4) is 0 Å². The summed E-state index contributed by atoms with van der Waals surface area (Å²) in [5.41, 5.74) is 2.89. The minimum absolute atomic E-state index is 0.0230. The second-order valence-electron chi connectivity index (χ2n) is 12.5. The van der Waals surface area contributed by atoms with Gasteiger partial charge in [0.1, 0.15) is 0 Å². The zero-order valence-corrected chi connectivity index (χ0v) is 22.6. The molecule has 1 N–H and O–H groups in total. The molecule has 5 rings (SSSR count). The summed E-state index contributed by atoms with van der Waals surface area (Å²) in [6.45, 7) is 8.91. The van der Waals surface area contributed by atoms with Gasteiger partial charge in [-0.05, 0) is 65.9 Å². The van der Waals surface area contributed by atoms with Gasteiger partial charge in [0.2, 0.25) is 11.8 Å². The van der Waals surface area contributed by atoms with E-state index in [1.165, 1.54) is 30.4 Å². The number of hydrogen-bond acceptors (Lipinski definition) is 3. The standard InChI is InChI=1S/C32H43N3O2/c1-25-17-27-19-31(2,24-32(18-25,20-27)28-11-7-4-8-12-28)21-29(36)33-22-30(37)35-15-13-34(14-16-35)23-26-9-5-3-6-10-26/h3-12,25,27H,13-24H2,1-2H3,(H,33,36). The van der Waals surface area contributed by atoms with E-state index in [1.807, 2.05) is 11.0 Å². The van der Waals surface area contributed by atoms with Crippen molar-refractivity contribution >= 4 is 11.8 Å². The van der Waals surface area contributed by atoms with Crippen molar-refractivity contribution in [1.82, 2.24) is 15.1 Å². The molecule has 5 nitrogen and oxygen atoms in total. The molecule has 4 unspecified atom stereocenters. The number of amides is 2. The van der Waals surface area contributed by atoms with E-state index in [-0.39, 0.29) is 29.2 Å². The fraction of sp³-hybridized carbons (Fsp3) is 0.562. The molecule has 198 valence electrons. The lowest BCUT2D eigenvalue weighted by molar-refractivity contribution is -0.135. The first-order valence-electron chi connectivity index (χ1n) is 14.2. The molecule has 0 aromatic heterocycles. The quantitative estimate of drug-likeness (QED) is 0.580. The molecule has 0 radical (unpaired) electrons. The number of rotatable bonds is 7.